The van der Waals surface area contributed by atoms with E-state index in [0.717, 1.165) is 45.0 Å². The van der Waals surface area contributed by atoms with E-state index < -0.39 is 0 Å². The number of methoxy groups -OCH3 is 2. The highest BCUT2D eigenvalue weighted by atomic mass is 16.5. The molecule has 5 rings (SSSR count). The van der Waals surface area contributed by atoms with Gasteiger partial charge in [0.2, 0.25) is 0 Å². The standard InChI is InChI=1S/C26H27N5O2/c1-15-7-9-20(11-16(15)2)31-18(4)17(3)24-25(31)27-14-30-26(24)28-23(29-30)13-19-8-10-21(32-5)22(12-19)33-6/h7-12,14H,13H2,1-6H3. The Morgan fingerprint density at radius 3 is 2.36 bits per heavy atom. The van der Waals surface area contributed by atoms with Crippen LogP contribution in [0.3, 0.4) is 0 Å². The number of nitrogens with zero attached hydrogens (tertiary/aromatic N) is 5. The van der Waals surface area contributed by atoms with E-state index in [1.807, 2.05) is 18.2 Å². The minimum Gasteiger partial charge on any atom is -0.493 e. The van der Waals surface area contributed by atoms with Crippen molar-refractivity contribution in [3.63, 3.8) is 0 Å². The van der Waals surface area contributed by atoms with Gasteiger partial charge in [-0.05, 0) is 74.2 Å². The van der Waals surface area contributed by atoms with Gasteiger partial charge in [0.25, 0.3) is 0 Å². The fraction of sp³-hybridized carbons (Fsp3) is 0.269. The third-order valence-electron chi connectivity index (χ3n) is 6.44. The third kappa shape index (κ3) is 3.40. The molecule has 0 aliphatic rings. The van der Waals surface area contributed by atoms with E-state index in [0.29, 0.717) is 17.9 Å². The van der Waals surface area contributed by atoms with Gasteiger partial charge in [-0.25, -0.2) is 14.5 Å². The Bertz CT molecular complexity index is 1510. The third-order valence-corrected chi connectivity index (χ3v) is 6.44. The molecule has 0 N–H and O–H groups in total. The summed E-state index contributed by atoms with van der Waals surface area (Å²) in [5.41, 5.74) is 8.71. The molecule has 0 bridgehead atoms. The van der Waals surface area contributed by atoms with Gasteiger partial charge in [-0.1, -0.05) is 12.1 Å². The molecule has 7 heteroatoms. The second-order valence-corrected chi connectivity index (χ2v) is 8.42. The number of ether oxygens (including phenoxy) is 2. The molecule has 0 atom stereocenters. The van der Waals surface area contributed by atoms with Crippen LogP contribution in [0.5, 0.6) is 11.5 Å². The van der Waals surface area contributed by atoms with Crippen LogP contribution in [0, 0.1) is 27.7 Å². The minimum atomic E-state index is 0.583. The van der Waals surface area contributed by atoms with Crippen molar-refractivity contribution in [3.05, 3.63) is 76.5 Å². The summed E-state index contributed by atoms with van der Waals surface area (Å²) >= 11 is 0. The van der Waals surface area contributed by atoms with Crippen molar-refractivity contribution in [3.8, 4) is 17.2 Å². The molecule has 168 valence electrons. The number of aromatic nitrogens is 5. The zero-order valence-electron chi connectivity index (χ0n) is 19.8. The highest BCUT2D eigenvalue weighted by molar-refractivity contribution is 5.95. The molecule has 0 spiro atoms. The van der Waals surface area contributed by atoms with E-state index in [9.17, 15) is 0 Å². The van der Waals surface area contributed by atoms with Gasteiger partial charge in [0, 0.05) is 17.8 Å². The Balaban J connectivity index is 1.62. The molecule has 3 aromatic heterocycles. The van der Waals surface area contributed by atoms with Crippen LogP contribution in [0.4, 0.5) is 0 Å². The van der Waals surface area contributed by atoms with Crippen molar-refractivity contribution >= 4 is 16.7 Å². The first-order valence-corrected chi connectivity index (χ1v) is 10.9. The molecule has 0 fully saturated rings. The monoisotopic (exact) mass is 441 g/mol. The average molecular weight is 442 g/mol. The predicted molar refractivity (Wildman–Crippen MR) is 129 cm³/mol. The van der Waals surface area contributed by atoms with Crippen molar-refractivity contribution in [2.75, 3.05) is 14.2 Å². The lowest BCUT2D eigenvalue weighted by molar-refractivity contribution is 0.354. The van der Waals surface area contributed by atoms with Crippen LogP contribution < -0.4 is 9.47 Å². The molecule has 0 saturated heterocycles. The summed E-state index contributed by atoms with van der Waals surface area (Å²) < 4.78 is 14.8. The lowest BCUT2D eigenvalue weighted by Crippen LogP contribution is -2.00. The van der Waals surface area contributed by atoms with Gasteiger partial charge in [0.15, 0.2) is 28.6 Å². The normalized spacial score (nSPS) is 11.5. The lowest BCUT2D eigenvalue weighted by Gasteiger charge is -2.10. The smallest absolute Gasteiger partial charge is 0.168 e. The van der Waals surface area contributed by atoms with Crippen LogP contribution in [0.1, 0.15) is 33.8 Å². The molecule has 3 heterocycles. The van der Waals surface area contributed by atoms with Gasteiger partial charge < -0.3 is 9.47 Å². The molecule has 0 aliphatic carbocycles. The highest BCUT2D eigenvalue weighted by Gasteiger charge is 2.19. The molecular formula is C26H27N5O2. The van der Waals surface area contributed by atoms with Crippen LogP contribution in [-0.2, 0) is 6.42 Å². The number of fused-ring (bicyclic) bond motifs is 3. The van der Waals surface area contributed by atoms with E-state index in [-0.39, 0.29) is 0 Å². The molecular weight excluding hydrogens is 414 g/mol. The first kappa shape index (κ1) is 21.0. The van der Waals surface area contributed by atoms with E-state index >= 15 is 0 Å². The fourth-order valence-electron chi connectivity index (χ4n) is 4.33. The minimum absolute atomic E-state index is 0.583. The first-order valence-electron chi connectivity index (χ1n) is 10.9. The number of benzene rings is 2. The molecule has 7 nitrogen and oxygen atoms in total. The lowest BCUT2D eigenvalue weighted by atomic mass is 10.1. The Labute approximate surface area is 192 Å². The molecule has 0 amide bonds. The van der Waals surface area contributed by atoms with Crippen molar-refractivity contribution in [2.24, 2.45) is 0 Å². The number of rotatable bonds is 5. The van der Waals surface area contributed by atoms with Crippen LogP contribution in [0.25, 0.3) is 22.4 Å². The van der Waals surface area contributed by atoms with E-state index in [1.54, 1.807) is 25.1 Å². The topological polar surface area (TPSA) is 66.5 Å². The summed E-state index contributed by atoms with van der Waals surface area (Å²) in [5.74, 6) is 2.13. The summed E-state index contributed by atoms with van der Waals surface area (Å²) in [7, 11) is 3.27. The zero-order chi connectivity index (χ0) is 23.3. The molecule has 0 saturated carbocycles. The second-order valence-electron chi connectivity index (χ2n) is 8.42. The summed E-state index contributed by atoms with van der Waals surface area (Å²) in [6, 6.07) is 12.4. The van der Waals surface area contributed by atoms with E-state index in [2.05, 4.69) is 50.5 Å². The number of hydrogen-bond acceptors (Lipinski definition) is 5. The molecule has 5 aromatic rings. The van der Waals surface area contributed by atoms with Crippen LogP contribution in [0.2, 0.25) is 0 Å². The summed E-state index contributed by atoms with van der Waals surface area (Å²) in [5, 5.41) is 5.72. The summed E-state index contributed by atoms with van der Waals surface area (Å²) in [4.78, 5) is 9.68. The van der Waals surface area contributed by atoms with Gasteiger partial charge in [-0.2, -0.15) is 0 Å². The average Bonchev–Trinajstić information content (AvgIpc) is 3.33. The van der Waals surface area contributed by atoms with Gasteiger partial charge in [0.1, 0.15) is 6.33 Å². The maximum Gasteiger partial charge on any atom is 0.168 e. The van der Waals surface area contributed by atoms with Crippen molar-refractivity contribution in [1.29, 1.82) is 0 Å². The summed E-state index contributed by atoms with van der Waals surface area (Å²) in [6.07, 6.45) is 2.33. The Kier molecular flexibility index (Phi) is 5.04. The Morgan fingerprint density at radius 2 is 1.64 bits per heavy atom. The Hall–Kier alpha value is -3.87. The molecule has 0 unspecified atom stereocenters. The predicted octanol–water partition coefficient (Wildman–Crippen LogP) is 4.91. The fourth-order valence-corrected chi connectivity index (χ4v) is 4.33. The SMILES string of the molecule is COc1ccc(Cc2nc3c4c(C)c(C)n(-c5ccc(C)c(C)c5)c4ncn3n2)cc1OC. The van der Waals surface area contributed by atoms with Crippen molar-refractivity contribution in [1.82, 2.24) is 24.1 Å². The maximum absolute atomic E-state index is 5.44. The molecule has 2 aromatic carbocycles. The van der Waals surface area contributed by atoms with Gasteiger partial charge in [-0.3, -0.25) is 4.57 Å². The zero-order valence-corrected chi connectivity index (χ0v) is 19.8. The quantitative estimate of drug-likeness (QED) is 0.388. The first-order chi connectivity index (χ1) is 15.9. The highest BCUT2D eigenvalue weighted by Crippen LogP contribution is 2.31. The van der Waals surface area contributed by atoms with Gasteiger partial charge in [-0.15, -0.1) is 5.10 Å². The Morgan fingerprint density at radius 1 is 0.848 bits per heavy atom. The largest absolute Gasteiger partial charge is 0.493 e. The van der Waals surface area contributed by atoms with Gasteiger partial charge in [0.05, 0.1) is 19.6 Å². The van der Waals surface area contributed by atoms with Crippen LogP contribution >= 0.6 is 0 Å². The number of hydrogen-bond donors (Lipinski definition) is 0. The molecule has 0 radical (unpaired) electrons. The van der Waals surface area contributed by atoms with E-state index in [1.165, 1.54) is 11.1 Å². The van der Waals surface area contributed by atoms with Gasteiger partial charge >= 0.3 is 0 Å². The van der Waals surface area contributed by atoms with Crippen molar-refractivity contribution < 1.29 is 9.47 Å². The molecule has 0 aliphatic heterocycles. The van der Waals surface area contributed by atoms with Crippen LogP contribution in [0.15, 0.2) is 42.7 Å². The second kappa shape index (κ2) is 7.92. The summed E-state index contributed by atoms with van der Waals surface area (Å²) in [6.45, 7) is 8.52. The van der Waals surface area contributed by atoms with E-state index in [4.69, 9.17) is 24.5 Å². The molecule has 33 heavy (non-hydrogen) atoms. The van der Waals surface area contributed by atoms with Crippen LogP contribution in [-0.4, -0.2) is 38.4 Å². The number of aryl methyl sites for hydroxylation is 3. The van der Waals surface area contributed by atoms with Crippen molar-refractivity contribution in [2.45, 2.75) is 34.1 Å². The maximum atomic E-state index is 5.44.